The number of amides is 5. The van der Waals surface area contributed by atoms with E-state index in [1.54, 1.807) is 6.07 Å². The summed E-state index contributed by atoms with van der Waals surface area (Å²) < 4.78 is 0. The highest BCUT2D eigenvalue weighted by Gasteiger charge is 2.44. The van der Waals surface area contributed by atoms with Gasteiger partial charge in [-0.1, -0.05) is 12.8 Å². The molecule has 1 saturated heterocycles. The Morgan fingerprint density at radius 1 is 1.00 bits per heavy atom. The number of piperidine rings is 1. The third-order valence-corrected chi connectivity index (χ3v) is 5.43. The maximum absolute atomic E-state index is 12.8. The minimum Gasteiger partial charge on any atom is -0.326 e. The van der Waals surface area contributed by atoms with Crippen LogP contribution in [0.4, 0.5) is 5.69 Å². The van der Waals surface area contributed by atoms with E-state index in [9.17, 15) is 24.0 Å². The average molecular weight is 369 g/mol. The topological polar surface area (TPSA) is 113 Å². The van der Waals surface area contributed by atoms with Gasteiger partial charge in [0.15, 0.2) is 0 Å². The summed E-state index contributed by atoms with van der Waals surface area (Å²) in [5, 5.41) is 4.97. The summed E-state index contributed by atoms with van der Waals surface area (Å²) in [5.74, 6) is -2.29. The number of fused-ring (bicyclic) bond motifs is 1. The number of benzene rings is 1. The quantitative estimate of drug-likeness (QED) is 0.778. The minimum atomic E-state index is -0.994. The number of carbonyl (C=O) groups excluding carboxylic acids is 5. The van der Waals surface area contributed by atoms with Crippen molar-refractivity contribution in [3.8, 4) is 0 Å². The first-order valence-electron chi connectivity index (χ1n) is 9.12. The van der Waals surface area contributed by atoms with Crippen molar-refractivity contribution in [2.75, 3.05) is 5.32 Å². The van der Waals surface area contributed by atoms with E-state index in [-0.39, 0.29) is 35.8 Å². The molecule has 1 unspecified atom stereocenters. The molecule has 2 heterocycles. The molecule has 1 atom stereocenters. The van der Waals surface area contributed by atoms with E-state index in [1.807, 2.05) is 0 Å². The smallest absolute Gasteiger partial charge is 0.262 e. The maximum atomic E-state index is 12.8. The Hall–Kier alpha value is -3.03. The standard InChI is InChI=1S/C19H19N3O5/c23-15-8-7-14(17(25)21-15)22-18(26)12-6-5-11(9-13(12)19(22)27)20-16(24)10-3-1-2-4-10/h5-6,9-10,14H,1-4,7-8H2,(H,20,24)(H,21,23,25). The number of imide groups is 2. The molecular weight excluding hydrogens is 350 g/mol. The van der Waals surface area contributed by atoms with Crippen molar-refractivity contribution in [3.63, 3.8) is 0 Å². The summed E-state index contributed by atoms with van der Waals surface area (Å²) in [6.45, 7) is 0. The Balaban J connectivity index is 1.55. The van der Waals surface area contributed by atoms with Crippen molar-refractivity contribution in [2.45, 2.75) is 44.6 Å². The van der Waals surface area contributed by atoms with Crippen molar-refractivity contribution in [2.24, 2.45) is 5.92 Å². The summed E-state index contributed by atoms with van der Waals surface area (Å²) in [6.07, 6.45) is 3.98. The first kappa shape index (κ1) is 17.4. The Labute approximate surface area is 155 Å². The first-order chi connectivity index (χ1) is 13.0. The van der Waals surface area contributed by atoms with Crippen LogP contribution in [0.25, 0.3) is 0 Å². The predicted octanol–water partition coefficient (Wildman–Crippen LogP) is 1.22. The predicted molar refractivity (Wildman–Crippen MR) is 93.7 cm³/mol. The number of nitrogens with zero attached hydrogens (tertiary/aromatic N) is 1. The van der Waals surface area contributed by atoms with Gasteiger partial charge in [-0.15, -0.1) is 0 Å². The molecule has 140 valence electrons. The van der Waals surface area contributed by atoms with Crippen molar-refractivity contribution in [3.05, 3.63) is 29.3 Å². The van der Waals surface area contributed by atoms with Gasteiger partial charge in [0.25, 0.3) is 11.8 Å². The van der Waals surface area contributed by atoms with Crippen LogP contribution in [-0.2, 0) is 14.4 Å². The van der Waals surface area contributed by atoms with E-state index in [4.69, 9.17) is 0 Å². The molecule has 1 aromatic carbocycles. The van der Waals surface area contributed by atoms with Crippen LogP contribution in [0.1, 0.15) is 59.2 Å². The van der Waals surface area contributed by atoms with E-state index in [2.05, 4.69) is 10.6 Å². The van der Waals surface area contributed by atoms with Crippen molar-refractivity contribution in [1.29, 1.82) is 0 Å². The molecule has 5 amide bonds. The number of hydrogen-bond donors (Lipinski definition) is 2. The molecule has 4 rings (SSSR count). The Morgan fingerprint density at radius 3 is 2.41 bits per heavy atom. The second kappa shape index (κ2) is 6.61. The van der Waals surface area contributed by atoms with Gasteiger partial charge in [-0.3, -0.25) is 34.2 Å². The number of nitrogens with one attached hydrogen (secondary N) is 2. The van der Waals surface area contributed by atoms with Crippen LogP contribution in [-0.4, -0.2) is 40.5 Å². The van der Waals surface area contributed by atoms with E-state index in [0.29, 0.717) is 5.69 Å². The zero-order valence-electron chi connectivity index (χ0n) is 14.6. The Kier molecular flexibility index (Phi) is 4.25. The highest BCUT2D eigenvalue weighted by Crippen LogP contribution is 2.30. The van der Waals surface area contributed by atoms with E-state index in [0.717, 1.165) is 30.6 Å². The summed E-state index contributed by atoms with van der Waals surface area (Å²) in [6, 6.07) is 3.57. The molecule has 0 radical (unpaired) electrons. The lowest BCUT2D eigenvalue weighted by Crippen LogP contribution is -2.54. The third kappa shape index (κ3) is 3.01. The zero-order chi connectivity index (χ0) is 19.1. The maximum Gasteiger partial charge on any atom is 0.262 e. The molecule has 3 aliphatic rings. The van der Waals surface area contributed by atoms with Gasteiger partial charge in [-0.2, -0.15) is 0 Å². The lowest BCUT2D eigenvalue weighted by atomic mass is 10.0. The van der Waals surface area contributed by atoms with Crippen LogP contribution in [0.3, 0.4) is 0 Å². The fraction of sp³-hybridized carbons (Fsp3) is 0.421. The molecule has 2 fully saturated rings. The molecule has 0 spiro atoms. The van der Waals surface area contributed by atoms with Crippen LogP contribution < -0.4 is 10.6 Å². The molecular formula is C19H19N3O5. The number of hydrogen-bond acceptors (Lipinski definition) is 5. The van der Waals surface area contributed by atoms with Gasteiger partial charge in [0.05, 0.1) is 11.1 Å². The molecule has 1 aromatic rings. The normalized spacial score (nSPS) is 22.8. The average Bonchev–Trinajstić information content (AvgIpc) is 3.25. The molecule has 2 aliphatic heterocycles. The molecule has 1 aliphatic carbocycles. The molecule has 8 heteroatoms. The number of anilines is 1. The van der Waals surface area contributed by atoms with Gasteiger partial charge in [0, 0.05) is 18.0 Å². The van der Waals surface area contributed by atoms with Crippen LogP contribution >= 0.6 is 0 Å². The zero-order valence-corrected chi connectivity index (χ0v) is 14.6. The molecule has 2 N–H and O–H groups in total. The Bertz CT molecular complexity index is 872. The summed E-state index contributed by atoms with van der Waals surface area (Å²) in [5.41, 5.74) is 0.814. The van der Waals surface area contributed by atoms with E-state index in [1.165, 1.54) is 12.1 Å². The van der Waals surface area contributed by atoms with Gasteiger partial charge in [-0.05, 0) is 37.5 Å². The van der Waals surface area contributed by atoms with Crippen molar-refractivity contribution in [1.82, 2.24) is 10.2 Å². The third-order valence-electron chi connectivity index (χ3n) is 5.43. The molecule has 8 nitrogen and oxygen atoms in total. The number of rotatable bonds is 3. The van der Waals surface area contributed by atoms with E-state index >= 15 is 0 Å². The highest BCUT2D eigenvalue weighted by atomic mass is 16.2. The van der Waals surface area contributed by atoms with Crippen LogP contribution in [0.5, 0.6) is 0 Å². The molecule has 0 aromatic heterocycles. The Morgan fingerprint density at radius 2 is 1.70 bits per heavy atom. The highest BCUT2D eigenvalue weighted by molar-refractivity contribution is 6.23. The SMILES string of the molecule is O=C1CCC(N2C(=O)c3ccc(NC(=O)C4CCCC4)cc3C2=O)C(=O)N1. The monoisotopic (exact) mass is 369 g/mol. The second-order valence-corrected chi connectivity index (χ2v) is 7.18. The van der Waals surface area contributed by atoms with Crippen LogP contribution in [0.2, 0.25) is 0 Å². The first-order valence-corrected chi connectivity index (χ1v) is 9.12. The molecule has 0 bridgehead atoms. The molecule has 27 heavy (non-hydrogen) atoms. The fourth-order valence-corrected chi connectivity index (χ4v) is 3.98. The summed E-state index contributed by atoms with van der Waals surface area (Å²) in [4.78, 5) is 62.0. The summed E-state index contributed by atoms with van der Waals surface area (Å²) >= 11 is 0. The second-order valence-electron chi connectivity index (χ2n) is 7.18. The van der Waals surface area contributed by atoms with Gasteiger partial charge in [0.1, 0.15) is 6.04 Å². The largest absolute Gasteiger partial charge is 0.326 e. The minimum absolute atomic E-state index is 0.0180. The van der Waals surface area contributed by atoms with Gasteiger partial charge in [-0.25, -0.2) is 0 Å². The van der Waals surface area contributed by atoms with Gasteiger partial charge >= 0.3 is 0 Å². The van der Waals surface area contributed by atoms with Crippen molar-refractivity contribution < 1.29 is 24.0 Å². The van der Waals surface area contributed by atoms with Gasteiger partial charge < -0.3 is 5.32 Å². The lowest BCUT2D eigenvalue weighted by Gasteiger charge is -2.27. The van der Waals surface area contributed by atoms with Crippen LogP contribution in [0, 0.1) is 5.92 Å². The van der Waals surface area contributed by atoms with E-state index < -0.39 is 29.7 Å². The lowest BCUT2D eigenvalue weighted by molar-refractivity contribution is -0.136. The summed E-state index contributed by atoms with van der Waals surface area (Å²) in [7, 11) is 0. The fourth-order valence-electron chi connectivity index (χ4n) is 3.98. The van der Waals surface area contributed by atoms with Crippen molar-refractivity contribution >= 4 is 35.2 Å². The van der Waals surface area contributed by atoms with Gasteiger partial charge in [0.2, 0.25) is 17.7 Å². The number of carbonyl (C=O) groups is 5. The molecule has 1 saturated carbocycles. The van der Waals surface area contributed by atoms with Crippen LogP contribution in [0.15, 0.2) is 18.2 Å².